The molecule has 144 valence electrons. The first kappa shape index (κ1) is 17.4. The van der Waals surface area contributed by atoms with Gasteiger partial charge in [-0.3, -0.25) is 14.9 Å². The van der Waals surface area contributed by atoms with E-state index in [0.717, 1.165) is 17.5 Å². The first-order chi connectivity index (χ1) is 13.0. The van der Waals surface area contributed by atoms with Crippen molar-refractivity contribution in [2.45, 2.75) is 42.3 Å². The summed E-state index contributed by atoms with van der Waals surface area (Å²) in [5.41, 5.74) is 2.26. The molecule has 5 rings (SSSR count). The number of hydrogen-bond acceptors (Lipinski definition) is 8. The van der Waals surface area contributed by atoms with Crippen LogP contribution in [0.4, 0.5) is 0 Å². The van der Waals surface area contributed by atoms with Crippen LogP contribution in [0.15, 0.2) is 24.5 Å². The first-order valence-corrected chi connectivity index (χ1v) is 9.33. The van der Waals surface area contributed by atoms with E-state index in [1.165, 1.54) is 11.1 Å². The maximum Gasteiger partial charge on any atom is 0.176 e. The Bertz CT molecular complexity index is 825. The summed E-state index contributed by atoms with van der Waals surface area (Å²) in [4.78, 5) is 10.6. The van der Waals surface area contributed by atoms with Gasteiger partial charge >= 0.3 is 0 Å². The highest BCUT2D eigenvalue weighted by molar-refractivity contribution is 5.77. The van der Waals surface area contributed by atoms with Gasteiger partial charge in [0.15, 0.2) is 5.72 Å². The number of benzene rings is 1. The Balaban J connectivity index is 1.52. The largest absolute Gasteiger partial charge is 0.393 e. The second kappa shape index (κ2) is 6.16. The van der Waals surface area contributed by atoms with Gasteiger partial charge in [-0.05, 0) is 41.5 Å². The van der Waals surface area contributed by atoms with E-state index in [9.17, 15) is 20.4 Å². The van der Waals surface area contributed by atoms with Gasteiger partial charge in [0.1, 0.15) is 18.3 Å². The molecule has 2 bridgehead atoms. The van der Waals surface area contributed by atoms with Crippen LogP contribution >= 0.6 is 0 Å². The zero-order valence-electron chi connectivity index (χ0n) is 14.8. The normalized spacial score (nSPS) is 38.9. The minimum atomic E-state index is -1.83. The predicted molar refractivity (Wildman–Crippen MR) is 95.0 cm³/mol. The van der Waals surface area contributed by atoms with Crippen molar-refractivity contribution in [1.82, 2.24) is 14.9 Å². The van der Waals surface area contributed by atoms with Gasteiger partial charge in [-0.25, -0.2) is 0 Å². The Morgan fingerprint density at radius 2 is 1.67 bits per heavy atom. The molecule has 6 atom stereocenters. The lowest BCUT2D eigenvalue weighted by Crippen LogP contribution is -2.72. The molecule has 27 heavy (non-hydrogen) atoms. The highest BCUT2D eigenvalue weighted by Gasteiger charge is 2.57. The number of aromatic nitrogens is 2. The lowest BCUT2D eigenvalue weighted by Gasteiger charge is -2.52. The fraction of sp³-hybridized carbons (Fsp3) is 0.579. The molecular weight excluding hydrogens is 350 g/mol. The lowest BCUT2D eigenvalue weighted by molar-refractivity contribution is -0.307. The van der Waals surface area contributed by atoms with Crippen LogP contribution in [-0.2, 0) is 4.74 Å². The topological polar surface area (TPSA) is 119 Å². The molecule has 2 unspecified atom stereocenters. The number of aliphatic hydroxyl groups excluding tert-OH is 3. The summed E-state index contributed by atoms with van der Waals surface area (Å²) in [6.07, 6.45) is 0.726. The van der Waals surface area contributed by atoms with E-state index in [1.807, 2.05) is 0 Å². The number of rotatable bonds is 2. The molecule has 2 aromatic rings. The van der Waals surface area contributed by atoms with Gasteiger partial charge in [-0.2, -0.15) is 0 Å². The Kier molecular flexibility index (Phi) is 3.98. The number of nitrogens with zero attached hydrogens (tertiary/aromatic N) is 3. The van der Waals surface area contributed by atoms with Crippen molar-refractivity contribution in [3.05, 3.63) is 35.7 Å². The number of fused-ring (bicyclic) bond motifs is 6. The summed E-state index contributed by atoms with van der Waals surface area (Å²) < 4.78 is 5.44. The van der Waals surface area contributed by atoms with E-state index >= 15 is 0 Å². The average Bonchev–Trinajstić information content (AvgIpc) is 2.94. The van der Waals surface area contributed by atoms with Gasteiger partial charge in [-0.1, -0.05) is 0 Å². The molecule has 1 aromatic carbocycles. The molecule has 2 aliphatic heterocycles. The SMILES string of the molecule is OC[C@H]1OC[C@H](O)[C@@H](O)[C@@]1(O)N1CC2CC(C1)c1cc3nccnc3cc12. The molecule has 8 heteroatoms. The molecule has 0 amide bonds. The molecular formula is C19H23N3O5. The summed E-state index contributed by atoms with van der Waals surface area (Å²) in [6.45, 7) is 0.472. The molecule has 4 N–H and O–H groups in total. The van der Waals surface area contributed by atoms with Gasteiger partial charge in [0.2, 0.25) is 0 Å². The maximum absolute atomic E-state index is 11.3. The molecule has 1 aromatic heterocycles. The quantitative estimate of drug-likeness (QED) is 0.547. The average molecular weight is 373 g/mol. The Morgan fingerprint density at radius 1 is 1.07 bits per heavy atom. The number of piperidine rings is 1. The van der Waals surface area contributed by atoms with E-state index in [4.69, 9.17) is 4.74 Å². The van der Waals surface area contributed by atoms with E-state index in [-0.39, 0.29) is 18.4 Å². The Morgan fingerprint density at radius 3 is 2.22 bits per heavy atom. The van der Waals surface area contributed by atoms with Gasteiger partial charge < -0.3 is 25.2 Å². The van der Waals surface area contributed by atoms with Crippen LogP contribution in [0.3, 0.4) is 0 Å². The lowest BCUT2D eigenvalue weighted by atomic mass is 9.86. The number of likely N-dealkylation sites (tertiary alicyclic amines) is 1. The predicted octanol–water partition coefficient (Wildman–Crippen LogP) is -0.682. The van der Waals surface area contributed by atoms with Crippen molar-refractivity contribution in [2.24, 2.45) is 0 Å². The van der Waals surface area contributed by atoms with Crippen molar-refractivity contribution in [2.75, 3.05) is 26.3 Å². The second-order valence-electron chi connectivity index (χ2n) is 7.86. The fourth-order valence-electron chi connectivity index (χ4n) is 5.07. The Labute approximate surface area is 156 Å². The van der Waals surface area contributed by atoms with Crippen LogP contribution in [0.5, 0.6) is 0 Å². The van der Waals surface area contributed by atoms with E-state index in [1.54, 1.807) is 17.3 Å². The highest BCUT2D eigenvalue weighted by Crippen LogP contribution is 2.49. The summed E-state index contributed by atoms with van der Waals surface area (Å²) in [5.74, 6) is 0.361. The minimum absolute atomic E-state index is 0.113. The van der Waals surface area contributed by atoms with Crippen molar-refractivity contribution >= 4 is 11.0 Å². The molecule has 0 radical (unpaired) electrons. The van der Waals surface area contributed by atoms with Gasteiger partial charge in [0.05, 0.1) is 24.2 Å². The van der Waals surface area contributed by atoms with Crippen molar-refractivity contribution in [3.63, 3.8) is 0 Å². The zero-order valence-corrected chi connectivity index (χ0v) is 14.8. The van der Waals surface area contributed by atoms with Crippen molar-refractivity contribution in [1.29, 1.82) is 0 Å². The van der Waals surface area contributed by atoms with Gasteiger partial charge in [0, 0.05) is 25.5 Å². The fourth-order valence-corrected chi connectivity index (χ4v) is 5.07. The van der Waals surface area contributed by atoms with E-state index in [0.29, 0.717) is 13.1 Å². The molecule has 3 aliphatic rings. The zero-order chi connectivity index (χ0) is 18.8. The highest BCUT2D eigenvalue weighted by atomic mass is 16.5. The molecule has 1 aliphatic carbocycles. The van der Waals surface area contributed by atoms with Gasteiger partial charge in [-0.15, -0.1) is 0 Å². The van der Waals surface area contributed by atoms with Gasteiger partial charge in [0.25, 0.3) is 0 Å². The monoisotopic (exact) mass is 373 g/mol. The summed E-state index contributed by atoms with van der Waals surface area (Å²) in [7, 11) is 0. The number of ether oxygens (including phenoxy) is 1. The Hall–Kier alpha value is -1.68. The third-order valence-corrected chi connectivity index (χ3v) is 6.42. The molecule has 8 nitrogen and oxygen atoms in total. The third-order valence-electron chi connectivity index (χ3n) is 6.42. The van der Waals surface area contributed by atoms with Crippen LogP contribution in [0.2, 0.25) is 0 Å². The number of aliphatic hydroxyl groups is 4. The summed E-state index contributed by atoms with van der Waals surface area (Å²) in [6, 6.07) is 4.14. The van der Waals surface area contributed by atoms with Crippen LogP contribution < -0.4 is 0 Å². The van der Waals surface area contributed by atoms with Crippen LogP contribution in [0.1, 0.15) is 29.4 Å². The summed E-state index contributed by atoms with van der Waals surface area (Å²) in [5, 5.41) is 41.6. The van der Waals surface area contributed by atoms with E-state index in [2.05, 4.69) is 22.1 Å². The van der Waals surface area contributed by atoms with Crippen molar-refractivity contribution < 1.29 is 25.2 Å². The second-order valence-corrected chi connectivity index (χ2v) is 7.86. The van der Waals surface area contributed by atoms with Crippen molar-refractivity contribution in [3.8, 4) is 0 Å². The standard InChI is InChI=1S/C19H23N3O5/c23-8-17-19(26,18(25)16(24)9-27-17)22-6-10-3-11(7-22)13-5-15-14(4-12(10)13)20-1-2-21-15/h1-2,4-5,10-11,16-18,23-26H,3,6-9H2/t10?,11?,16-,17+,18+,19+/m0/s1. The molecule has 2 fully saturated rings. The maximum atomic E-state index is 11.3. The minimum Gasteiger partial charge on any atom is -0.393 e. The molecule has 3 heterocycles. The first-order valence-electron chi connectivity index (χ1n) is 9.33. The van der Waals surface area contributed by atoms with Crippen LogP contribution in [0, 0.1) is 0 Å². The van der Waals surface area contributed by atoms with Crippen LogP contribution in [-0.4, -0.2) is 85.6 Å². The smallest absolute Gasteiger partial charge is 0.176 e. The number of hydrogen-bond donors (Lipinski definition) is 4. The molecule has 0 spiro atoms. The summed E-state index contributed by atoms with van der Waals surface area (Å²) >= 11 is 0. The van der Waals surface area contributed by atoms with E-state index < -0.39 is 30.6 Å². The third kappa shape index (κ3) is 2.45. The van der Waals surface area contributed by atoms with Crippen LogP contribution in [0.25, 0.3) is 11.0 Å². The molecule has 0 saturated carbocycles. The molecule has 2 saturated heterocycles.